The highest BCUT2D eigenvalue weighted by molar-refractivity contribution is 6.31. The van der Waals surface area contributed by atoms with Crippen molar-refractivity contribution in [3.05, 3.63) is 96.9 Å². The second-order valence-electron chi connectivity index (χ2n) is 6.69. The third-order valence-electron chi connectivity index (χ3n) is 4.78. The number of halogens is 2. The van der Waals surface area contributed by atoms with E-state index in [1.165, 1.54) is 6.07 Å². The maximum absolute atomic E-state index is 12.9. The van der Waals surface area contributed by atoms with Crippen molar-refractivity contribution in [3.63, 3.8) is 0 Å². The zero-order valence-corrected chi connectivity index (χ0v) is 17.4. The maximum atomic E-state index is 12.9. The molecule has 0 saturated carbocycles. The standard InChI is InChI=1S/C22H20Cl2N2O2/c1-13-11-20(27)21(22(28)25-19-6-4-5-18(24)14(19)2)15(3)26(13)12-16-7-9-17(23)10-8-16/h4-11H,12H2,1-3H3,(H,25,28). The number of hydrogen-bond donors (Lipinski definition) is 1. The molecule has 1 aromatic heterocycles. The van der Waals surface area contributed by atoms with Gasteiger partial charge in [0.05, 0.1) is 0 Å². The summed E-state index contributed by atoms with van der Waals surface area (Å²) in [6.45, 7) is 5.99. The van der Waals surface area contributed by atoms with Gasteiger partial charge in [-0.2, -0.15) is 0 Å². The topological polar surface area (TPSA) is 51.1 Å². The summed E-state index contributed by atoms with van der Waals surface area (Å²) in [4.78, 5) is 25.5. The van der Waals surface area contributed by atoms with Crippen LogP contribution in [0.25, 0.3) is 0 Å². The molecule has 1 heterocycles. The van der Waals surface area contributed by atoms with E-state index in [9.17, 15) is 9.59 Å². The van der Waals surface area contributed by atoms with Crippen LogP contribution in [0.3, 0.4) is 0 Å². The second-order valence-corrected chi connectivity index (χ2v) is 7.53. The maximum Gasteiger partial charge on any atom is 0.261 e. The molecule has 0 saturated heterocycles. The van der Waals surface area contributed by atoms with Gasteiger partial charge in [0, 0.05) is 39.7 Å². The molecule has 0 atom stereocenters. The summed E-state index contributed by atoms with van der Waals surface area (Å²) in [5, 5.41) is 4.03. The number of nitrogens with one attached hydrogen (secondary N) is 1. The van der Waals surface area contributed by atoms with Gasteiger partial charge in [0.1, 0.15) is 5.56 Å². The van der Waals surface area contributed by atoms with Gasteiger partial charge >= 0.3 is 0 Å². The van der Waals surface area contributed by atoms with Gasteiger partial charge in [-0.15, -0.1) is 0 Å². The number of carbonyl (C=O) groups excluding carboxylic acids is 1. The van der Waals surface area contributed by atoms with E-state index in [2.05, 4.69) is 5.32 Å². The van der Waals surface area contributed by atoms with Crippen LogP contribution in [0.15, 0.2) is 53.3 Å². The van der Waals surface area contributed by atoms with Crippen molar-refractivity contribution >= 4 is 34.8 Å². The second kappa shape index (κ2) is 8.21. The normalized spacial score (nSPS) is 10.8. The molecular formula is C22H20Cl2N2O2. The van der Waals surface area contributed by atoms with E-state index in [0.29, 0.717) is 28.0 Å². The summed E-state index contributed by atoms with van der Waals surface area (Å²) in [6, 6.07) is 14.2. The molecule has 3 rings (SSSR count). The van der Waals surface area contributed by atoms with Gasteiger partial charge < -0.3 is 9.88 Å². The highest BCUT2D eigenvalue weighted by Crippen LogP contribution is 2.23. The Balaban J connectivity index is 1.99. The molecule has 28 heavy (non-hydrogen) atoms. The monoisotopic (exact) mass is 414 g/mol. The molecule has 144 valence electrons. The SMILES string of the molecule is Cc1c(Cl)cccc1NC(=O)c1c(C)n(Cc2ccc(Cl)cc2)c(C)cc1=O. The molecule has 0 spiro atoms. The largest absolute Gasteiger partial charge is 0.344 e. The van der Waals surface area contributed by atoms with Crippen molar-refractivity contribution in [1.29, 1.82) is 0 Å². The zero-order valence-electron chi connectivity index (χ0n) is 15.8. The molecule has 6 heteroatoms. The molecule has 0 aliphatic carbocycles. The first-order valence-electron chi connectivity index (χ1n) is 8.80. The van der Waals surface area contributed by atoms with Gasteiger partial charge in [-0.1, -0.05) is 41.4 Å². The van der Waals surface area contributed by atoms with Crippen LogP contribution in [0, 0.1) is 20.8 Å². The molecule has 0 unspecified atom stereocenters. The van der Waals surface area contributed by atoms with Crippen molar-refractivity contribution in [3.8, 4) is 0 Å². The number of amides is 1. The number of anilines is 1. The van der Waals surface area contributed by atoms with Crippen molar-refractivity contribution in [2.24, 2.45) is 0 Å². The number of aromatic nitrogens is 1. The first-order chi connectivity index (χ1) is 13.3. The van der Waals surface area contributed by atoms with Crippen LogP contribution >= 0.6 is 23.2 Å². The van der Waals surface area contributed by atoms with Gasteiger partial charge in [-0.05, 0) is 56.2 Å². The fourth-order valence-corrected chi connectivity index (χ4v) is 3.44. The fourth-order valence-electron chi connectivity index (χ4n) is 3.14. The molecule has 3 aromatic rings. The molecule has 0 fully saturated rings. The minimum absolute atomic E-state index is 0.124. The molecule has 1 amide bonds. The number of pyridine rings is 1. The Hall–Kier alpha value is -2.56. The van der Waals surface area contributed by atoms with E-state index in [1.807, 2.05) is 42.7 Å². The van der Waals surface area contributed by atoms with Crippen LogP contribution < -0.4 is 10.7 Å². The third kappa shape index (κ3) is 4.13. The highest BCUT2D eigenvalue weighted by atomic mass is 35.5. The smallest absolute Gasteiger partial charge is 0.261 e. The molecule has 0 bridgehead atoms. The van der Waals surface area contributed by atoms with Crippen molar-refractivity contribution in [2.75, 3.05) is 5.32 Å². The number of rotatable bonds is 4. The Morgan fingerprint density at radius 3 is 2.39 bits per heavy atom. The van der Waals surface area contributed by atoms with Crippen LogP contribution in [0.2, 0.25) is 10.0 Å². The lowest BCUT2D eigenvalue weighted by Gasteiger charge is -2.18. The van der Waals surface area contributed by atoms with Gasteiger partial charge in [0.25, 0.3) is 5.91 Å². The Morgan fingerprint density at radius 1 is 1.04 bits per heavy atom. The van der Waals surface area contributed by atoms with Crippen LogP contribution in [0.4, 0.5) is 5.69 Å². The van der Waals surface area contributed by atoms with Crippen LogP contribution in [-0.4, -0.2) is 10.5 Å². The van der Waals surface area contributed by atoms with E-state index in [1.54, 1.807) is 25.1 Å². The third-order valence-corrected chi connectivity index (χ3v) is 5.44. The lowest BCUT2D eigenvalue weighted by molar-refractivity contribution is 0.102. The van der Waals surface area contributed by atoms with Gasteiger partial charge in [0.2, 0.25) is 0 Å². The van der Waals surface area contributed by atoms with E-state index in [-0.39, 0.29) is 11.0 Å². The van der Waals surface area contributed by atoms with Crippen LogP contribution in [0.1, 0.15) is 32.9 Å². The fraction of sp³-hybridized carbons (Fsp3) is 0.182. The first kappa shape index (κ1) is 20.2. The molecule has 0 aliphatic rings. The Morgan fingerprint density at radius 2 is 1.71 bits per heavy atom. The highest BCUT2D eigenvalue weighted by Gasteiger charge is 2.18. The van der Waals surface area contributed by atoms with Crippen molar-refractivity contribution in [1.82, 2.24) is 4.57 Å². The van der Waals surface area contributed by atoms with Crippen LogP contribution in [-0.2, 0) is 6.54 Å². The van der Waals surface area contributed by atoms with Crippen molar-refractivity contribution < 1.29 is 4.79 Å². The summed E-state index contributed by atoms with van der Waals surface area (Å²) in [6.07, 6.45) is 0. The Labute approximate surface area is 173 Å². The number of carbonyl (C=O) groups is 1. The Bertz CT molecular complexity index is 1100. The summed E-state index contributed by atoms with van der Waals surface area (Å²) in [5.74, 6) is -0.447. The number of aryl methyl sites for hydroxylation is 1. The number of nitrogens with zero attached hydrogens (tertiary/aromatic N) is 1. The lowest BCUT2D eigenvalue weighted by Crippen LogP contribution is -2.27. The minimum Gasteiger partial charge on any atom is -0.344 e. The molecule has 0 aliphatic heterocycles. The molecule has 0 radical (unpaired) electrons. The van der Waals surface area contributed by atoms with Gasteiger partial charge in [-0.3, -0.25) is 9.59 Å². The Kier molecular flexibility index (Phi) is 5.92. The van der Waals surface area contributed by atoms with Gasteiger partial charge in [-0.25, -0.2) is 0 Å². The molecule has 1 N–H and O–H groups in total. The number of benzene rings is 2. The predicted molar refractivity (Wildman–Crippen MR) is 115 cm³/mol. The quantitative estimate of drug-likeness (QED) is 0.622. The number of hydrogen-bond acceptors (Lipinski definition) is 2. The summed E-state index contributed by atoms with van der Waals surface area (Å²) in [5.41, 5.74) is 3.57. The molecule has 2 aromatic carbocycles. The van der Waals surface area contributed by atoms with E-state index in [4.69, 9.17) is 23.2 Å². The molecule has 4 nitrogen and oxygen atoms in total. The summed E-state index contributed by atoms with van der Waals surface area (Å²) >= 11 is 12.1. The average Bonchev–Trinajstić information content (AvgIpc) is 2.64. The van der Waals surface area contributed by atoms with Crippen molar-refractivity contribution in [2.45, 2.75) is 27.3 Å². The minimum atomic E-state index is -0.447. The van der Waals surface area contributed by atoms with Gasteiger partial charge in [0.15, 0.2) is 5.43 Å². The predicted octanol–water partition coefficient (Wildman–Crippen LogP) is 5.38. The average molecular weight is 415 g/mol. The van der Waals surface area contributed by atoms with Crippen LogP contribution in [0.5, 0.6) is 0 Å². The van der Waals surface area contributed by atoms with E-state index < -0.39 is 5.91 Å². The molecular weight excluding hydrogens is 395 g/mol. The van der Waals surface area contributed by atoms with E-state index >= 15 is 0 Å². The zero-order chi connectivity index (χ0) is 20.4. The lowest BCUT2D eigenvalue weighted by atomic mass is 10.1. The first-order valence-corrected chi connectivity index (χ1v) is 9.55. The van der Waals surface area contributed by atoms with E-state index in [0.717, 1.165) is 16.8 Å². The summed E-state index contributed by atoms with van der Waals surface area (Å²) in [7, 11) is 0. The summed E-state index contributed by atoms with van der Waals surface area (Å²) < 4.78 is 1.95.